The van der Waals surface area contributed by atoms with E-state index in [9.17, 15) is 0 Å². The van der Waals surface area contributed by atoms with Gasteiger partial charge in [-0.05, 0) is 45.0 Å². The third-order valence-corrected chi connectivity index (χ3v) is 5.01. The van der Waals surface area contributed by atoms with Crippen LogP contribution in [0.15, 0.2) is 103 Å². The van der Waals surface area contributed by atoms with Crippen molar-refractivity contribution < 1.29 is 0 Å². The summed E-state index contributed by atoms with van der Waals surface area (Å²) in [4.78, 5) is 0. The van der Waals surface area contributed by atoms with Gasteiger partial charge in [-0.2, -0.15) is 0 Å². The first-order valence-corrected chi connectivity index (χ1v) is 8.68. The van der Waals surface area contributed by atoms with Gasteiger partial charge in [-0.25, -0.2) is 0 Å². The highest BCUT2D eigenvalue weighted by Gasteiger charge is 2.27. The molecule has 0 fully saturated rings. The van der Waals surface area contributed by atoms with Gasteiger partial charge in [-0.15, -0.1) is 0 Å². The first kappa shape index (κ1) is 14.2. The predicted molar refractivity (Wildman–Crippen MR) is 104 cm³/mol. The van der Waals surface area contributed by atoms with Crippen LogP contribution in [0.3, 0.4) is 0 Å². The van der Waals surface area contributed by atoms with E-state index in [2.05, 4.69) is 103 Å². The SMILES string of the molecule is [C]1=C2C=CC=CC2c2ccc(-c3ccccc3)c(-c3ccccc3)c21. The molecule has 1 unspecified atom stereocenters. The molecule has 1 atom stereocenters. The Bertz CT molecular complexity index is 1020. The molecule has 2 aliphatic rings. The summed E-state index contributed by atoms with van der Waals surface area (Å²) < 4.78 is 0. The second-order valence-corrected chi connectivity index (χ2v) is 6.49. The molecule has 0 saturated heterocycles. The van der Waals surface area contributed by atoms with E-state index in [1.54, 1.807) is 0 Å². The molecule has 0 aliphatic heterocycles. The topological polar surface area (TPSA) is 0 Å². The van der Waals surface area contributed by atoms with Gasteiger partial charge in [0.2, 0.25) is 0 Å². The zero-order chi connectivity index (χ0) is 16.6. The molecule has 0 nitrogen and oxygen atoms in total. The second-order valence-electron chi connectivity index (χ2n) is 6.49. The van der Waals surface area contributed by atoms with Crippen LogP contribution in [-0.4, -0.2) is 0 Å². The van der Waals surface area contributed by atoms with Gasteiger partial charge in [0.1, 0.15) is 0 Å². The minimum Gasteiger partial charge on any atom is -0.0726 e. The quantitative estimate of drug-likeness (QED) is 0.518. The van der Waals surface area contributed by atoms with Crippen LogP contribution in [0.4, 0.5) is 0 Å². The van der Waals surface area contributed by atoms with Crippen molar-refractivity contribution in [2.45, 2.75) is 5.92 Å². The normalized spacial score (nSPS) is 17.1. The van der Waals surface area contributed by atoms with Crippen LogP contribution < -0.4 is 0 Å². The van der Waals surface area contributed by atoms with Gasteiger partial charge >= 0.3 is 0 Å². The summed E-state index contributed by atoms with van der Waals surface area (Å²) in [5.74, 6) is 0.340. The monoisotopic (exact) mass is 317 g/mol. The van der Waals surface area contributed by atoms with E-state index >= 15 is 0 Å². The lowest BCUT2D eigenvalue weighted by Gasteiger charge is -2.17. The third-order valence-electron chi connectivity index (χ3n) is 5.01. The molecule has 25 heavy (non-hydrogen) atoms. The molecule has 0 amide bonds. The first-order valence-electron chi connectivity index (χ1n) is 8.68. The Morgan fingerprint density at radius 1 is 0.680 bits per heavy atom. The van der Waals surface area contributed by atoms with E-state index < -0.39 is 0 Å². The second kappa shape index (κ2) is 5.75. The summed E-state index contributed by atoms with van der Waals surface area (Å²) in [5.41, 5.74) is 8.91. The molecule has 0 saturated carbocycles. The van der Waals surface area contributed by atoms with E-state index in [4.69, 9.17) is 0 Å². The maximum absolute atomic E-state index is 3.69. The van der Waals surface area contributed by atoms with E-state index in [0.29, 0.717) is 5.92 Å². The summed E-state index contributed by atoms with van der Waals surface area (Å²) >= 11 is 0. The molecule has 1 radical (unpaired) electrons. The maximum Gasteiger partial charge on any atom is 0.0285 e. The van der Waals surface area contributed by atoms with Crippen LogP contribution in [-0.2, 0) is 0 Å². The van der Waals surface area contributed by atoms with Gasteiger partial charge in [0.05, 0.1) is 0 Å². The molecular formula is C25H17. The van der Waals surface area contributed by atoms with Crippen LogP contribution in [0.25, 0.3) is 22.3 Å². The molecule has 0 spiro atoms. The Morgan fingerprint density at radius 3 is 2.16 bits per heavy atom. The average molecular weight is 317 g/mol. The molecule has 2 aliphatic carbocycles. The maximum atomic E-state index is 3.69. The molecule has 0 heteroatoms. The van der Waals surface area contributed by atoms with E-state index in [1.807, 2.05) is 0 Å². The van der Waals surface area contributed by atoms with Gasteiger partial charge in [0, 0.05) is 5.92 Å². The average Bonchev–Trinajstić information content (AvgIpc) is 3.07. The van der Waals surface area contributed by atoms with Crippen molar-refractivity contribution >= 4 is 0 Å². The van der Waals surface area contributed by atoms with E-state index in [1.165, 1.54) is 39.0 Å². The van der Waals surface area contributed by atoms with Crippen molar-refractivity contribution in [2.24, 2.45) is 0 Å². The van der Waals surface area contributed by atoms with E-state index in [-0.39, 0.29) is 0 Å². The number of benzene rings is 3. The molecule has 0 N–H and O–H groups in total. The van der Waals surface area contributed by atoms with Gasteiger partial charge in [-0.3, -0.25) is 0 Å². The molecule has 117 valence electrons. The predicted octanol–water partition coefficient (Wildman–Crippen LogP) is 6.32. The smallest absolute Gasteiger partial charge is 0.0285 e. The van der Waals surface area contributed by atoms with Crippen molar-refractivity contribution in [1.82, 2.24) is 0 Å². The number of allylic oxidation sites excluding steroid dienone is 5. The molecule has 0 aromatic heterocycles. The number of fused-ring (bicyclic) bond motifs is 3. The van der Waals surface area contributed by atoms with Crippen molar-refractivity contribution in [2.75, 3.05) is 0 Å². The van der Waals surface area contributed by atoms with Crippen molar-refractivity contribution in [1.29, 1.82) is 0 Å². The Morgan fingerprint density at radius 2 is 1.40 bits per heavy atom. The summed E-state index contributed by atoms with van der Waals surface area (Å²) in [7, 11) is 0. The Labute approximate surface area is 148 Å². The highest BCUT2D eigenvalue weighted by Crippen LogP contribution is 2.45. The summed E-state index contributed by atoms with van der Waals surface area (Å²) in [6.45, 7) is 0. The number of hydrogen-bond acceptors (Lipinski definition) is 0. The Hall–Kier alpha value is -3.12. The van der Waals surface area contributed by atoms with Gasteiger partial charge < -0.3 is 0 Å². The minimum absolute atomic E-state index is 0.340. The van der Waals surface area contributed by atoms with Gasteiger partial charge in [-0.1, -0.05) is 97.1 Å². The molecular weight excluding hydrogens is 300 g/mol. The highest BCUT2D eigenvalue weighted by atomic mass is 14.3. The molecule has 0 bridgehead atoms. The Balaban J connectivity index is 1.82. The fourth-order valence-corrected chi connectivity index (χ4v) is 3.85. The van der Waals surface area contributed by atoms with Crippen molar-refractivity contribution in [3.63, 3.8) is 0 Å². The third kappa shape index (κ3) is 2.30. The fourth-order valence-electron chi connectivity index (χ4n) is 3.85. The van der Waals surface area contributed by atoms with Gasteiger partial charge in [0.15, 0.2) is 0 Å². The zero-order valence-electron chi connectivity index (χ0n) is 13.8. The lowest BCUT2D eigenvalue weighted by Crippen LogP contribution is -1.98. The molecule has 3 aromatic rings. The van der Waals surface area contributed by atoms with Gasteiger partial charge in [0.25, 0.3) is 0 Å². The van der Waals surface area contributed by atoms with Crippen molar-refractivity contribution in [3.05, 3.63) is 120 Å². The fraction of sp³-hybridized carbons (Fsp3) is 0.0400. The number of hydrogen-bond donors (Lipinski definition) is 0. The molecule has 3 aromatic carbocycles. The Kier molecular flexibility index (Phi) is 3.28. The van der Waals surface area contributed by atoms with Crippen LogP contribution in [0.1, 0.15) is 17.0 Å². The summed E-state index contributed by atoms with van der Waals surface area (Å²) in [5, 5.41) is 0. The number of rotatable bonds is 2. The summed E-state index contributed by atoms with van der Waals surface area (Å²) in [6.07, 6.45) is 12.4. The minimum atomic E-state index is 0.340. The van der Waals surface area contributed by atoms with Crippen LogP contribution in [0.5, 0.6) is 0 Å². The highest BCUT2D eigenvalue weighted by molar-refractivity contribution is 5.88. The zero-order valence-corrected chi connectivity index (χ0v) is 13.8. The van der Waals surface area contributed by atoms with Crippen LogP contribution in [0, 0.1) is 6.08 Å². The first-order chi connectivity index (χ1) is 12.4. The van der Waals surface area contributed by atoms with Crippen LogP contribution >= 0.6 is 0 Å². The lowest BCUT2D eigenvalue weighted by molar-refractivity contribution is 1.05. The summed E-state index contributed by atoms with van der Waals surface area (Å²) in [6, 6.07) is 25.9. The largest absolute Gasteiger partial charge is 0.0726 e. The van der Waals surface area contributed by atoms with E-state index in [0.717, 1.165) is 0 Å². The standard InChI is InChI=1S/C25H17/c1-3-9-18(10-4-1)22-15-16-23-21-14-8-7-13-20(21)17-24(23)25(22)19-11-5-2-6-12-19/h1-16,21H. The van der Waals surface area contributed by atoms with Crippen LogP contribution in [0.2, 0.25) is 0 Å². The molecule has 0 heterocycles. The molecule has 5 rings (SSSR count). The lowest BCUT2D eigenvalue weighted by atomic mass is 9.86. The van der Waals surface area contributed by atoms with Crippen molar-refractivity contribution in [3.8, 4) is 22.3 Å².